The number of rotatable bonds is 7. The number of hydrogen-bond donors (Lipinski definition) is 0. The Labute approximate surface area is 240 Å². The zero-order valence-electron chi connectivity index (χ0n) is 25.5. The number of likely N-dealkylation sites (tertiary alicyclic amines) is 2. The maximum Gasteiger partial charge on any atom is 0.410 e. The van der Waals surface area contributed by atoms with Crippen molar-refractivity contribution in [1.29, 1.82) is 0 Å². The van der Waals surface area contributed by atoms with Crippen molar-refractivity contribution < 1.29 is 23.5 Å². The second-order valence-corrected chi connectivity index (χ2v) is 18.0. The average molecular weight is 570 g/mol. The highest BCUT2D eigenvalue weighted by molar-refractivity contribution is 6.74. The third-order valence-corrected chi connectivity index (χ3v) is 14.1. The summed E-state index contributed by atoms with van der Waals surface area (Å²) >= 11 is 0. The van der Waals surface area contributed by atoms with E-state index in [0.29, 0.717) is 44.5 Å². The summed E-state index contributed by atoms with van der Waals surface area (Å²) in [6, 6.07) is 9.29. The first-order chi connectivity index (χ1) is 18.7. The first-order valence-electron chi connectivity index (χ1n) is 14.6. The molecule has 0 aromatic heterocycles. The molecule has 0 radical (unpaired) electrons. The van der Waals surface area contributed by atoms with Crippen LogP contribution < -0.4 is 0 Å². The summed E-state index contributed by atoms with van der Waals surface area (Å²) in [7, 11) is 1.38. The second-order valence-electron chi connectivity index (χ2n) is 13.2. The summed E-state index contributed by atoms with van der Waals surface area (Å²) in [5.74, 6) is -0.301. The highest BCUT2D eigenvalue weighted by atomic mass is 28.4. The minimum atomic E-state index is -2.13. The fraction of sp³-hybridized carbons (Fsp3) is 0.645. The van der Waals surface area contributed by atoms with Gasteiger partial charge in [-0.1, -0.05) is 57.2 Å². The molecule has 2 saturated heterocycles. The second kappa shape index (κ2) is 11.3. The standard InChI is InChI=1S/C31H47N3O5Si/c1-9-38-29(37)34-23(21-39-40(7,8)30(2,3)4)19-31-25(24(15-16-26(31)34)27(35)32(5)6)17-18-33(28(31)36)20-22-13-11-10-12-14-22/h10-15,23,25-26H,9,16-21H2,1-8H3/t23-,25-,26+,31+/m1/s1. The molecule has 2 fully saturated rings. The molecule has 8 nitrogen and oxygen atoms in total. The maximum atomic E-state index is 14.7. The van der Waals surface area contributed by atoms with E-state index in [9.17, 15) is 14.4 Å². The van der Waals surface area contributed by atoms with Gasteiger partial charge in [-0.15, -0.1) is 0 Å². The number of hydrogen-bond acceptors (Lipinski definition) is 5. The molecule has 1 spiro atoms. The van der Waals surface area contributed by atoms with Gasteiger partial charge in [0.2, 0.25) is 11.8 Å². The van der Waals surface area contributed by atoms with Crippen LogP contribution >= 0.6 is 0 Å². The van der Waals surface area contributed by atoms with E-state index < -0.39 is 25.9 Å². The molecule has 4 rings (SSSR count). The molecule has 3 aliphatic rings. The van der Waals surface area contributed by atoms with Gasteiger partial charge in [0.1, 0.15) is 0 Å². The fourth-order valence-electron chi connectivity index (χ4n) is 6.54. The highest BCUT2D eigenvalue weighted by Crippen LogP contribution is 2.57. The molecule has 40 heavy (non-hydrogen) atoms. The minimum Gasteiger partial charge on any atom is -0.450 e. The van der Waals surface area contributed by atoms with Crippen LogP contribution in [0, 0.1) is 11.3 Å². The Morgan fingerprint density at radius 2 is 1.82 bits per heavy atom. The van der Waals surface area contributed by atoms with Crippen molar-refractivity contribution >= 4 is 26.2 Å². The first kappa shape index (κ1) is 30.3. The van der Waals surface area contributed by atoms with Gasteiger partial charge >= 0.3 is 6.09 Å². The fourth-order valence-corrected chi connectivity index (χ4v) is 7.58. The van der Waals surface area contributed by atoms with Crippen molar-refractivity contribution in [2.75, 3.05) is 33.9 Å². The van der Waals surface area contributed by atoms with Gasteiger partial charge in [-0.3, -0.25) is 14.5 Å². The van der Waals surface area contributed by atoms with Gasteiger partial charge < -0.3 is 19.0 Å². The number of ether oxygens (including phenoxy) is 1. The predicted octanol–water partition coefficient (Wildman–Crippen LogP) is 5.06. The number of carbonyl (C=O) groups excluding carboxylic acids is 3. The topological polar surface area (TPSA) is 79.4 Å². The summed E-state index contributed by atoms with van der Waals surface area (Å²) in [4.78, 5) is 47.0. The van der Waals surface area contributed by atoms with Crippen molar-refractivity contribution in [3.05, 3.63) is 47.5 Å². The summed E-state index contributed by atoms with van der Waals surface area (Å²) < 4.78 is 12.2. The molecule has 1 aliphatic carbocycles. The number of benzene rings is 1. The molecule has 0 bridgehead atoms. The molecule has 0 unspecified atom stereocenters. The molecule has 0 saturated carbocycles. The minimum absolute atomic E-state index is 0.00788. The summed E-state index contributed by atoms with van der Waals surface area (Å²) in [6.07, 6.45) is 3.13. The van der Waals surface area contributed by atoms with Crippen molar-refractivity contribution in [2.45, 2.75) is 83.7 Å². The maximum absolute atomic E-state index is 14.7. The first-order valence-corrected chi connectivity index (χ1v) is 17.5. The molecule has 220 valence electrons. The van der Waals surface area contributed by atoms with Crippen LogP contribution in [-0.2, 0) is 25.3 Å². The molecular weight excluding hydrogens is 522 g/mol. The Balaban J connectivity index is 1.77. The van der Waals surface area contributed by atoms with E-state index in [0.717, 1.165) is 5.56 Å². The Hall–Kier alpha value is -2.65. The zero-order chi connectivity index (χ0) is 29.5. The van der Waals surface area contributed by atoms with E-state index >= 15 is 0 Å². The molecule has 1 aromatic rings. The molecule has 1 aromatic carbocycles. The lowest BCUT2D eigenvalue weighted by Gasteiger charge is -2.51. The third kappa shape index (κ3) is 5.34. The van der Waals surface area contributed by atoms with Gasteiger partial charge in [-0.25, -0.2) is 4.79 Å². The average Bonchev–Trinajstić information content (AvgIpc) is 3.23. The lowest BCUT2D eigenvalue weighted by atomic mass is 9.58. The Bertz CT molecular complexity index is 1150. The zero-order valence-corrected chi connectivity index (χ0v) is 26.5. The van der Waals surface area contributed by atoms with Gasteiger partial charge in [0.05, 0.1) is 30.7 Å². The van der Waals surface area contributed by atoms with Gasteiger partial charge in [0, 0.05) is 38.7 Å². The van der Waals surface area contributed by atoms with Crippen LogP contribution in [0.15, 0.2) is 42.0 Å². The Morgan fingerprint density at radius 3 is 2.42 bits per heavy atom. The van der Waals surface area contributed by atoms with Crippen LogP contribution in [0.3, 0.4) is 0 Å². The van der Waals surface area contributed by atoms with E-state index in [1.54, 1.807) is 30.8 Å². The van der Waals surface area contributed by atoms with Crippen molar-refractivity contribution in [1.82, 2.24) is 14.7 Å². The Kier molecular flexibility index (Phi) is 8.57. The number of nitrogens with zero attached hydrogens (tertiary/aromatic N) is 3. The number of carbonyl (C=O) groups is 3. The van der Waals surface area contributed by atoms with Crippen LogP contribution in [0.25, 0.3) is 0 Å². The molecule has 4 atom stereocenters. The van der Waals surface area contributed by atoms with E-state index in [2.05, 4.69) is 33.9 Å². The normalized spacial score (nSPS) is 26.6. The van der Waals surface area contributed by atoms with Gasteiger partial charge in [-0.2, -0.15) is 0 Å². The van der Waals surface area contributed by atoms with Crippen LogP contribution in [0.4, 0.5) is 4.79 Å². The van der Waals surface area contributed by atoms with Crippen molar-refractivity contribution in [3.63, 3.8) is 0 Å². The van der Waals surface area contributed by atoms with Crippen LogP contribution in [0.1, 0.15) is 52.5 Å². The van der Waals surface area contributed by atoms with E-state index in [1.807, 2.05) is 41.3 Å². The van der Waals surface area contributed by atoms with Crippen LogP contribution in [0.5, 0.6) is 0 Å². The van der Waals surface area contributed by atoms with Gasteiger partial charge in [0.25, 0.3) is 0 Å². The smallest absolute Gasteiger partial charge is 0.410 e. The van der Waals surface area contributed by atoms with E-state index in [1.165, 1.54) is 0 Å². The SMILES string of the molecule is CCOC(=O)N1[C@@H](CO[Si](C)(C)C(C)(C)C)C[C@]23C(=O)N(Cc4ccccc4)CC[C@@H]2C(C(=O)N(C)C)=CC[C@H]13. The number of amides is 3. The van der Waals surface area contributed by atoms with E-state index in [-0.39, 0.29) is 35.4 Å². The summed E-state index contributed by atoms with van der Waals surface area (Å²) in [5.41, 5.74) is 0.858. The van der Waals surface area contributed by atoms with Gasteiger partial charge in [-0.05, 0) is 49.9 Å². The molecule has 9 heteroatoms. The Morgan fingerprint density at radius 1 is 1.15 bits per heavy atom. The molecule has 2 heterocycles. The highest BCUT2D eigenvalue weighted by Gasteiger charge is 2.66. The summed E-state index contributed by atoms with van der Waals surface area (Å²) in [6.45, 7) is 14.5. The number of likely N-dealkylation sites (N-methyl/N-ethyl adjacent to an activating group) is 1. The van der Waals surface area contributed by atoms with Crippen molar-refractivity contribution in [3.8, 4) is 0 Å². The van der Waals surface area contributed by atoms with Crippen molar-refractivity contribution in [2.24, 2.45) is 11.3 Å². The predicted molar refractivity (Wildman–Crippen MR) is 158 cm³/mol. The van der Waals surface area contributed by atoms with Crippen LogP contribution in [-0.4, -0.2) is 86.9 Å². The van der Waals surface area contributed by atoms with Crippen LogP contribution in [0.2, 0.25) is 18.1 Å². The lowest BCUT2D eigenvalue weighted by molar-refractivity contribution is -0.154. The molecular formula is C31H47N3O5Si. The number of piperidine rings is 1. The molecule has 0 N–H and O–H groups in total. The van der Waals surface area contributed by atoms with Gasteiger partial charge in [0.15, 0.2) is 8.32 Å². The monoisotopic (exact) mass is 569 g/mol. The third-order valence-electron chi connectivity index (χ3n) is 9.62. The van der Waals surface area contributed by atoms with E-state index in [4.69, 9.17) is 9.16 Å². The quantitative estimate of drug-likeness (QED) is 0.429. The molecule has 3 amide bonds. The largest absolute Gasteiger partial charge is 0.450 e. The lowest BCUT2D eigenvalue weighted by Crippen LogP contribution is -2.61. The molecule has 2 aliphatic heterocycles. The summed E-state index contributed by atoms with van der Waals surface area (Å²) in [5, 5.41) is 0.00788.